The lowest BCUT2D eigenvalue weighted by molar-refractivity contribution is -0.137. The highest BCUT2D eigenvalue weighted by molar-refractivity contribution is 6.08. The summed E-state index contributed by atoms with van der Waals surface area (Å²) in [7, 11) is 0. The quantitative estimate of drug-likeness (QED) is 0.561. The van der Waals surface area contributed by atoms with E-state index in [0.29, 0.717) is 28.1 Å². The molecule has 3 aromatic carbocycles. The Bertz CT molecular complexity index is 1090. The van der Waals surface area contributed by atoms with Gasteiger partial charge in [0.2, 0.25) is 5.91 Å². The molecule has 0 heterocycles. The lowest BCUT2D eigenvalue weighted by atomic mass is 9.98. The molecule has 0 saturated carbocycles. The van der Waals surface area contributed by atoms with E-state index in [-0.39, 0.29) is 5.91 Å². The topological polar surface area (TPSA) is 58.2 Å². The first-order valence-corrected chi connectivity index (χ1v) is 9.11. The number of alkyl halides is 3. The van der Waals surface area contributed by atoms with E-state index in [0.717, 1.165) is 17.7 Å². The van der Waals surface area contributed by atoms with E-state index >= 15 is 0 Å². The SMILES string of the molecule is CC(=O)Nc1ccc(NC(=O)c2ccccc2-c2ccc(C(F)(F)F)cc2)cc1C. The van der Waals surface area contributed by atoms with Gasteiger partial charge in [0.15, 0.2) is 0 Å². The van der Waals surface area contributed by atoms with Crippen molar-refractivity contribution in [1.29, 1.82) is 0 Å². The van der Waals surface area contributed by atoms with Gasteiger partial charge in [-0.05, 0) is 60.0 Å². The fourth-order valence-corrected chi connectivity index (χ4v) is 3.04. The number of hydrogen-bond acceptors (Lipinski definition) is 2. The predicted molar refractivity (Wildman–Crippen MR) is 110 cm³/mol. The smallest absolute Gasteiger partial charge is 0.326 e. The molecular formula is C23H19F3N2O2. The largest absolute Gasteiger partial charge is 0.416 e. The van der Waals surface area contributed by atoms with Crippen LogP contribution in [0.5, 0.6) is 0 Å². The molecule has 0 aliphatic rings. The molecule has 2 amide bonds. The average Bonchev–Trinajstić information content (AvgIpc) is 2.69. The Balaban J connectivity index is 1.86. The van der Waals surface area contributed by atoms with Gasteiger partial charge in [0.05, 0.1) is 5.56 Å². The Morgan fingerprint density at radius 2 is 1.53 bits per heavy atom. The Hall–Kier alpha value is -3.61. The van der Waals surface area contributed by atoms with Crippen LogP contribution in [0, 0.1) is 6.92 Å². The molecular weight excluding hydrogens is 393 g/mol. The van der Waals surface area contributed by atoms with Gasteiger partial charge < -0.3 is 10.6 Å². The van der Waals surface area contributed by atoms with Crippen LogP contribution in [0.1, 0.15) is 28.4 Å². The van der Waals surface area contributed by atoms with Crippen LogP contribution in [-0.4, -0.2) is 11.8 Å². The average molecular weight is 412 g/mol. The fourth-order valence-electron chi connectivity index (χ4n) is 3.04. The number of benzene rings is 3. The van der Waals surface area contributed by atoms with Gasteiger partial charge in [-0.25, -0.2) is 0 Å². The molecule has 4 nitrogen and oxygen atoms in total. The van der Waals surface area contributed by atoms with Crippen molar-refractivity contribution in [2.24, 2.45) is 0 Å². The molecule has 7 heteroatoms. The number of carbonyl (C=O) groups excluding carboxylic acids is 2. The maximum Gasteiger partial charge on any atom is 0.416 e. The summed E-state index contributed by atoms with van der Waals surface area (Å²) >= 11 is 0. The van der Waals surface area contributed by atoms with Gasteiger partial charge >= 0.3 is 6.18 Å². The highest BCUT2D eigenvalue weighted by Crippen LogP contribution is 2.32. The van der Waals surface area contributed by atoms with Crippen LogP contribution >= 0.6 is 0 Å². The molecule has 0 aromatic heterocycles. The van der Waals surface area contributed by atoms with Crippen molar-refractivity contribution in [2.45, 2.75) is 20.0 Å². The maximum absolute atomic E-state index is 12.8. The molecule has 3 aromatic rings. The van der Waals surface area contributed by atoms with Gasteiger partial charge in [-0.1, -0.05) is 30.3 Å². The molecule has 0 radical (unpaired) electrons. The molecule has 0 fully saturated rings. The van der Waals surface area contributed by atoms with Crippen molar-refractivity contribution in [2.75, 3.05) is 10.6 Å². The normalized spacial score (nSPS) is 11.1. The second-order valence-corrected chi connectivity index (χ2v) is 6.79. The van der Waals surface area contributed by atoms with E-state index in [4.69, 9.17) is 0 Å². The van der Waals surface area contributed by atoms with Crippen molar-refractivity contribution in [1.82, 2.24) is 0 Å². The molecule has 154 valence electrons. The summed E-state index contributed by atoms with van der Waals surface area (Å²) in [5.74, 6) is -0.586. The third kappa shape index (κ3) is 4.86. The van der Waals surface area contributed by atoms with Crippen LogP contribution in [0.4, 0.5) is 24.5 Å². The second-order valence-electron chi connectivity index (χ2n) is 6.79. The number of amides is 2. The van der Waals surface area contributed by atoms with Crippen LogP contribution in [0.25, 0.3) is 11.1 Å². The van der Waals surface area contributed by atoms with E-state index in [1.807, 2.05) is 0 Å². The Kier molecular flexibility index (Phi) is 5.91. The molecule has 0 aliphatic heterocycles. The van der Waals surface area contributed by atoms with Crippen molar-refractivity contribution in [3.05, 3.63) is 83.4 Å². The first-order chi connectivity index (χ1) is 14.1. The monoisotopic (exact) mass is 412 g/mol. The van der Waals surface area contributed by atoms with Crippen molar-refractivity contribution >= 4 is 23.2 Å². The van der Waals surface area contributed by atoms with Gasteiger partial charge in [0.1, 0.15) is 0 Å². The van der Waals surface area contributed by atoms with E-state index in [1.165, 1.54) is 19.1 Å². The van der Waals surface area contributed by atoms with Crippen molar-refractivity contribution in [3.8, 4) is 11.1 Å². The van der Waals surface area contributed by atoms with E-state index in [9.17, 15) is 22.8 Å². The van der Waals surface area contributed by atoms with Crippen LogP contribution in [-0.2, 0) is 11.0 Å². The minimum atomic E-state index is -4.42. The molecule has 30 heavy (non-hydrogen) atoms. The predicted octanol–water partition coefficient (Wildman–Crippen LogP) is 5.89. The molecule has 0 aliphatic carbocycles. The number of anilines is 2. The minimum Gasteiger partial charge on any atom is -0.326 e. The zero-order valence-electron chi connectivity index (χ0n) is 16.3. The summed E-state index contributed by atoms with van der Waals surface area (Å²) in [5.41, 5.74) is 2.57. The molecule has 3 rings (SSSR count). The first-order valence-electron chi connectivity index (χ1n) is 9.11. The third-order valence-corrected chi connectivity index (χ3v) is 4.49. The fraction of sp³-hybridized carbons (Fsp3) is 0.130. The zero-order valence-corrected chi connectivity index (χ0v) is 16.3. The number of hydrogen-bond donors (Lipinski definition) is 2. The Labute approximate surface area is 171 Å². The molecule has 0 atom stereocenters. The molecule has 0 spiro atoms. The summed E-state index contributed by atoms with van der Waals surface area (Å²) in [6.45, 7) is 3.21. The number of carbonyl (C=O) groups is 2. The van der Waals surface area contributed by atoms with Gasteiger partial charge in [-0.3, -0.25) is 9.59 Å². The van der Waals surface area contributed by atoms with Gasteiger partial charge in [-0.2, -0.15) is 13.2 Å². The number of aryl methyl sites for hydroxylation is 1. The maximum atomic E-state index is 12.8. The first kappa shape index (κ1) is 21.1. The zero-order chi connectivity index (χ0) is 21.9. The van der Waals surface area contributed by atoms with Gasteiger partial charge in [-0.15, -0.1) is 0 Å². The summed E-state index contributed by atoms with van der Waals surface area (Å²) in [6, 6.07) is 16.5. The van der Waals surface area contributed by atoms with Crippen LogP contribution < -0.4 is 10.6 Å². The molecule has 0 bridgehead atoms. The Morgan fingerprint density at radius 3 is 2.13 bits per heavy atom. The highest BCUT2D eigenvalue weighted by atomic mass is 19.4. The summed E-state index contributed by atoms with van der Waals surface area (Å²) in [5, 5.41) is 5.49. The summed E-state index contributed by atoms with van der Waals surface area (Å²) in [4.78, 5) is 24.1. The van der Waals surface area contributed by atoms with E-state index < -0.39 is 17.6 Å². The lowest BCUT2D eigenvalue weighted by Crippen LogP contribution is -2.14. The van der Waals surface area contributed by atoms with Crippen molar-refractivity contribution < 1.29 is 22.8 Å². The lowest BCUT2D eigenvalue weighted by Gasteiger charge is -2.13. The summed E-state index contributed by atoms with van der Waals surface area (Å²) in [6.07, 6.45) is -4.42. The Morgan fingerprint density at radius 1 is 0.867 bits per heavy atom. The highest BCUT2D eigenvalue weighted by Gasteiger charge is 2.30. The molecule has 0 unspecified atom stereocenters. The number of rotatable bonds is 4. The summed E-state index contributed by atoms with van der Waals surface area (Å²) < 4.78 is 38.4. The second kappa shape index (κ2) is 8.41. The molecule has 2 N–H and O–H groups in total. The minimum absolute atomic E-state index is 0.194. The van der Waals surface area contributed by atoms with E-state index in [1.54, 1.807) is 49.4 Å². The van der Waals surface area contributed by atoms with Crippen LogP contribution in [0.2, 0.25) is 0 Å². The van der Waals surface area contributed by atoms with E-state index in [2.05, 4.69) is 10.6 Å². The number of halogens is 3. The third-order valence-electron chi connectivity index (χ3n) is 4.49. The van der Waals surface area contributed by atoms with Crippen molar-refractivity contribution in [3.63, 3.8) is 0 Å². The van der Waals surface area contributed by atoms with Gasteiger partial charge in [0, 0.05) is 23.9 Å². The standard InChI is InChI=1S/C23H19F3N2O2/c1-14-13-18(11-12-21(14)27-15(2)29)28-22(30)20-6-4-3-5-19(20)16-7-9-17(10-8-16)23(24,25)26/h3-13H,1-2H3,(H,27,29)(H,28,30). The van der Waals surface area contributed by atoms with Crippen LogP contribution in [0.3, 0.4) is 0 Å². The van der Waals surface area contributed by atoms with Crippen LogP contribution in [0.15, 0.2) is 66.7 Å². The molecule has 0 saturated heterocycles. The number of nitrogens with one attached hydrogen (secondary N) is 2. The van der Waals surface area contributed by atoms with Gasteiger partial charge in [0.25, 0.3) is 5.91 Å².